The van der Waals surface area contributed by atoms with Gasteiger partial charge in [-0.15, -0.1) is 11.3 Å². The van der Waals surface area contributed by atoms with Gasteiger partial charge in [0.1, 0.15) is 21.9 Å². The van der Waals surface area contributed by atoms with Gasteiger partial charge in [0.05, 0.1) is 5.52 Å². The van der Waals surface area contributed by atoms with Gasteiger partial charge in [-0.2, -0.15) is 0 Å². The van der Waals surface area contributed by atoms with E-state index in [9.17, 15) is 9.59 Å². The molecule has 28 heavy (non-hydrogen) atoms. The van der Waals surface area contributed by atoms with Gasteiger partial charge >= 0.3 is 0 Å². The van der Waals surface area contributed by atoms with Crippen LogP contribution in [-0.2, 0) is 11.3 Å². The van der Waals surface area contributed by atoms with Crippen molar-refractivity contribution in [2.24, 2.45) is 0 Å². The highest BCUT2D eigenvalue weighted by molar-refractivity contribution is 7.25. The number of benzene rings is 1. The zero-order valence-corrected chi connectivity index (χ0v) is 17.0. The molecule has 0 unspecified atom stereocenters. The summed E-state index contributed by atoms with van der Waals surface area (Å²) in [5.41, 5.74) is 4.19. The van der Waals surface area contributed by atoms with E-state index in [4.69, 9.17) is 0 Å². The van der Waals surface area contributed by atoms with Crippen LogP contribution in [0.15, 0.2) is 35.1 Å². The molecule has 4 aromatic rings. The van der Waals surface area contributed by atoms with E-state index in [0.717, 1.165) is 27.0 Å². The molecule has 0 aliphatic carbocycles. The number of rotatable bonds is 3. The number of amides is 1. The summed E-state index contributed by atoms with van der Waals surface area (Å²) in [7, 11) is 0. The summed E-state index contributed by atoms with van der Waals surface area (Å²) in [6.07, 6.45) is 0. The third-order valence-electron chi connectivity index (χ3n) is 4.67. The molecule has 0 radical (unpaired) electrons. The third kappa shape index (κ3) is 3.18. The summed E-state index contributed by atoms with van der Waals surface area (Å²) in [5, 5.41) is 3.76. The molecule has 0 saturated heterocycles. The Bertz CT molecular complexity index is 1300. The van der Waals surface area contributed by atoms with Crippen LogP contribution in [0.5, 0.6) is 0 Å². The summed E-state index contributed by atoms with van der Waals surface area (Å²) in [5.74, 6) is 0.250. The Kier molecular flexibility index (Phi) is 4.47. The molecular formula is C21H20N4O2S. The molecule has 1 amide bonds. The number of hydrogen-bond acceptors (Lipinski definition) is 5. The molecule has 0 bridgehead atoms. The van der Waals surface area contributed by atoms with Crippen LogP contribution in [0.4, 0.5) is 5.69 Å². The maximum Gasteiger partial charge on any atom is 0.272 e. The molecule has 0 saturated carbocycles. The largest absolute Gasteiger partial charge is 0.325 e. The van der Waals surface area contributed by atoms with Gasteiger partial charge in [0.25, 0.3) is 5.56 Å². The molecule has 3 aromatic heterocycles. The fourth-order valence-electron chi connectivity index (χ4n) is 3.42. The lowest BCUT2D eigenvalue weighted by Crippen LogP contribution is -2.29. The molecule has 6 nitrogen and oxygen atoms in total. The lowest BCUT2D eigenvalue weighted by molar-refractivity contribution is -0.116. The molecule has 0 fully saturated rings. The number of anilines is 1. The van der Waals surface area contributed by atoms with Gasteiger partial charge in [0.2, 0.25) is 5.91 Å². The molecule has 7 heteroatoms. The number of aryl methyl sites for hydroxylation is 4. The molecule has 3 heterocycles. The van der Waals surface area contributed by atoms with E-state index in [2.05, 4.69) is 15.3 Å². The minimum atomic E-state index is -0.261. The summed E-state index contributed by atoms with van der Waals surface area (Å²) >= 11 is 1.33. The molecule has 0 aliphatic rings. The van der Waals surface area contributed by atoms with Crippen molar-refractivity contribution in [3.63, 3.8) is 0 Å². The van der Waals surface area contributed by atoms with E-state index in [-0.39, 0.29) is 18.0 Å². The lowest BCUT2D eigenvalue weighted by Gasteiger charge is -2.10. The Morgan fingerprint density at radius 1 is 1.14 bits per heavy atom. The van der Waals surface area contributed by atoms with E-state index in [1.165, 1.54) is 15.9 Å². The normalized spacial score (nSPS) is 11.3. The van der Waals surface area contributed by atoms with Crippen molar-refractivity contribution < 1.29 is 4.79 Å². The van der Waals surface area contributed by atoms with E-state index in [1.807, 2.05) is 51.1 Å². The highest BCUT2D eigenvalue weighted by atomic mass is 32.1. The molecule has 1 N–H and O–H groups in total. The van der Waals surface area contributed by atoms with Crippen molar-refractivity contribution in [2.75, 3.05) is 5.32 Å². The summed E-state index contributed by atoms with van der Waals surface area (Å²) in [4.78, 5) is 35.6. The smallest absolute Gasteiger partial charge is 0.272 e. The number of thiophene rings is 1. The van der Waals surface area contributed by atoms with Crippen LogP contribution in [0.1, 0.15) is 22.6 Å². The number of hydrogen-bond donors (Lipinski definition) is 1. The van der Waals surface area contributed by atoms with Crippen molar-refractivity contribution in [1.82, 2.24) is 14.5 Å². The monoisotopic (exact) mass is 392 g/mol. The van der Waals surface area contributed by atoms with Gasteiger partial charge in [-0.3, -0.25) is 14.2 Å². The average molecular weight is 392 g/mol. The fourth-order valence-corrected chi connectivity index (χ4v) is 4.60. The van der Waals surface area contributed by atoms with Crippen LogP contribution >= 0.6 is 11.3 Å². The Labute approximate surface area is 165 Å². The highest BCUT2D eigenvalue weighted by Gasteiger charge is 2.18. The molecule has 142 valence electrons. The zero-order valence-electron chi connectivity index (χ0n) is 16.2. The van der Waals surface area contributed by atoms with Crippen LogP contribution in [-0.4, -0.2) is 20.4 Å². The molecule has 1 aromatic carbocycles. The van der Waals surface area contributed by atoms with Crippen molar-refractivity contribution in [3.05, 3.63) is 63.3 Å². The second-order valence-electron chi connectivity index (χ2n) is 7.01. The molecule has 0 aliphatic heterocycles. The van der Waals surface area contributed by atoms with Gasteiger partial charge in [0, 0.05) is 16.8 Å². The number of nitrogens with zero attached hydrogens (tertiary/aromatic N) is 3. The first-order chi connectivity index (χ1) is 13.3. The van der Waals surface area contributed by atoms with Crippen LogP contribution in [0.2, 0.25) is 0 Å². The first kappa shape index (κ1) is 18.3. The number of carbonyl (C=O) groups excluding carboxylic acids is 1. The highest BCUT2D eigenvalue weighted by Crippen LogP contribution is 2.32. The summed E-state index contributed by atoms with van der Waals surface area (Å²) in [6, 6.07) is 9.54. The second kappa shape index (κ2) is 6.83. The van der Waals surface area contributed by atoms with E-state index >= 15 is 0 Å². The van der Waals surface area contributed by atoms with Crippen LogP contribution in [0.25, 0.3) is 20.4 Å². The maximum absolute atomic E-state index is 13.1. The Hall–Kier alpha value is -3.06. The van der Waals surface area contributed by atoms with Crippen molar-refractivity contribution in [2.45, 2.75) is 34.2 Å². The Balaban J connectivity index is 1.75. The topological polar surface area (TPSA) is 76.9 Å². The van der Waals surface area contributed by atoms with E-state index in [1.54, 1.807) is 6.92 Å². The number of carbonyl (C=O) groups is 1. The van der Waals surface area contributed by atoms with Crippen molar-refractivity contribution >= 4 is 43.4 Å². The Morgan fingerprint density at radius 3 is 2.68 bits per heavy atom. The number of aromatic nitrogens is 3. The third-order valence-corrected chi connectivity index (χ3v) is 5.73. The average Bonchev–Trinajstić information content (AvgIpc) is 2.97. The van der Waals surface area contributed by atoms with Gasteiger partial charge in [-0.05, 0) is 57.0 Å². The van der Waals surface area contributed by atoms with Crippen LogP contribution < -0.4 is 10.9 Å². The minimum Gasteiger partial charge on any atom is -0.325 e. The molecule has 0 spiro atoms. The second-order valence-corrected chi connectivity index (χ2v) is 8.01. The number of nitrogens with one attached hydrogen (secondary N) is 1. The zero-order chi connectivity index (χ0) is 20.0. The molecule has 4 rings (SSSR count). The van der Waals surface area contributed by atoms with Crippen LogP contribution in [0, 0.1) is 27.7 Å². The minimum absolute atomic E-state index is 0.0821. The van der Waals surface area contributed by atoms with Crippen LogP contribution in [0.3, 0.4) is 0 Å². The van der Waals surface area contributed by atoms with E-state index < -0.39 is 0 Å². The summed E-state index contributed by atoms with van der Waals surface area (Å²) in [6.45, 7) is 7.56. The fraction of sp³-hybridized carbons (Fsp3) is 0.238. The molecular weight excluding hydrogens is 372 g/mol. The Morgan fingerprint density at radius 2 is 1.93 bits per heavy atom. The molecule has 0 atom stereocenters. The van der Waals surface area contributed by atoms with Crippen molar-refractivity contribution in [1.29, 1.82) is 0 Å². The van der Waals surface area contributed by atoms with Gasteiger partial charge in [0.15, 0.2) is 0 Å². The SMILES string of the molecule is Cc1cccc(NC(=O)Cn2c(C)nc3c(sc4nc(C)cc(C)c43)c2=O)c1. The standard InChI is InChI=1S/C21H20N4O2S/c1-11-6-5-7-15(8-11)24-16(26)10-25-14(4)23-18-17-12(2)9-13(3)22-20(17)28-19(18)21(25)27/h5-9H,10H2,1-4H3,(H,24,26). The number of pyridine rings is 1. The number of fused-ring (bicyclic) bond motifs is 3. The predicted octanol–water partition coefficient (Wildman–Crippen LogP) is 3.88. The van der Waals surface area contributed by atoms with E-state index in [0.29, 0.717) is 21.7 Å². The van der Waals surface area contributed by atoms with Gasteiger partial charge in [-0.1, -0.05) is 12.1 Å². The lowest BCUT2D eigenvalue weighted by atomic mass is 10.1. The van der Waals surface area contributed by atoms with Crippen molar-refractivity contribution in [3.8, 4) is 0 Å². The first-order valence-corrected chi connectivity index (χ1v) is 9.79. The predicted molar refractivity (Wildman–Crippen MR) is 113 cm³/mol. The summed E-state index contributed by atoms with van der Waals surface area (Å²) < 4.78 is 1.95. The van der Waals surface area contributed by atoms with Gasteiger partial charge < -0.3 is 5.32 Å². The maximum atomic E-state index is 13.1. The van der Waals surface area contributed by atoms with Gasteiger partial charge in [-0.25, -0.2) is 9.97 Å². The first-order valence-electron chi connectivity index (χ1n) is 8.98. The quantitative estimate of drug-likeness (QED) is 0.574.